The molecular formula is C12H21N3O5. The quantitative estimate of drug-likeness (QED) is 0.632. The van der Waals surface area contributed by atoms with E-state index in [1.807, 2.05) is 0 Å². The van der Waals surface area contributed by atoms with Gasteiger partial charge in [-0.05, 0) is 12.8 Å². The van der Waals surface area contributed by atoms with E-state index >= 15 is 0 Å². The fourth-order valence-corrected chi connectivity index (χ4v) is 2.10. The SMILES string of the molecule is COCCNC(=O)CN(C)C(=O)N1CCC[C@H]1C(=O)O. The second-order valence-electron chi connectivity index (χ2n) is 4.67. The Hall–Kier alpha value is -1.83. The molecule has 1 fully saturated rings. The third-order valence-corrected chi connectivity index (χ3v) is 3.12. The van der Waals surface area contributed by atoms with Crippen molar-refractivity contribution in [3.8, 4) is 0 Å². The Balaban J connectivity index is 2.46. The Morgan fingerprint density at radius 2 is 2.15 bits per heavy atom. The van der Waals surface area contributed by atoms with Gasteiger partial charge in [0.25, 0.3) is 0 Å². The number of likely N-dealkylation sites (tertiary alicyclic amines) is 1. The second kappa shape index (κ2) is 7.68. The number of urea groups is 1. The van der Waals surface area contributed by atoms with Crippen LogP contribution in [-0.2, 0) is 14.3 Å². The fourth-order valence-electron chi connectivity index (χ4n) is 2.10. The number of likely N-dealkylation sites (N-methyl/N-ethyl adjacent to an activating group) is 1. The molecule has 20 heavy (non-hydrogen) atoms. The van der Waals surface area contributed by atoms with Gasteiger partial charge in [-0.1, -0.05) is 0 Å². The molecule has 0 aliphatic carbocycles. The minimum absolute atomic E-state index is 0.106. The molecule has 3 amide bonds. The van der Waals surface area contributed by atoms with Crippen molar-refractivity contribution in [2.75, 3.05) is 40.4 Å². The molecule has 1 aliphatic heterocycles. The van der Waals surface area contributed by atoms with E-state index in [4.69, 9.17) is 9.84 Å². The predicted octanol–water partition coefficient (Wildman–Crippen LogP) is -0.650. The van der Waals surface area contributed by atoms with E-state index in [0.717, 1.165) is 0 Å². The molecule has 8 heteroatoms. The Bertz CT molecular complexity index is 374. The Morgan fingerprint density at radius 3 is 2.75 bits per heavy atom. The van der Waals surface area contributed by atoms with Crippen LogP contribution in [0.5, 0.6) is 0 Å². The lowest BCUT2D eigenvalue weighted by Crippen LogP contribution is -2.49. The number of aliphatic carboxylic acids is 1. The molecule has 0 radical (unpaired) electrons. The summed E-state index contributed by atoms with van der Waals surface area (Å²) in [6.07, 6.45) is 1.12. The summed E-state index contributed by atoms with van der Waals surface area (Å²) < 4.78 is 4.80. The standard InChI is InChI=1S/C12H21N3O5/c1-14(8-10(16)13-5-7-20-2)12(19)15-6-3-4-9(15)11(17)18/h9H,3-8H2,1-2H3,(H,13,16)(H,17,18)/t9-/m0/s1. The third-order valence-electron chi connectivity index (χ3n) is 3.12. The van der Waals surface area contributed by atoms with Gasteiger partial charge in [0, 0.05) is 27.2 Å². The number of ether oxygens (including phenoxy) is 1. The molecule has 0 aromatic rings. The number of nitrogens with one attached hydrogen (secondary N) is 1. The largest absolute Gasteiger partial charge is 0.480 e. The van der Waals surface area contributed by atoms with Crippen molar-refractivity contribution in [1.82, 2.24) is 15.1 Å². The lowest BCUT2D eigenvalue weighted by Gasteiger charge is -2.27. The summed E-state index contributed by atoms with van der Waals surface area (Å²) in [5, 5.41) is 11.6. The molecule has 8 nitrogen and oxygen atoms in total. The first-order chi connectivity index (χ1) is 9.47. The Kier molecular flexibility index (Phi) is 6.23. The maximum atomic E-state index is 12.1. The number of amides is 3. The highest BCUT2D eigenvalue weighted by Crippen LogP contribution is 2.18. The van der Waals surface area contributed by atoms with Crippen LogP contribution >= 0.6 is 0 Å². The molecule has 0 spiro atoms. The molecule has 0 aromatic heterocycles. The van der Waals surface area contributed by atoms with Gasteiger partial charge in [0.15, 0.2) is 0 Å². The molecule has 1 heterocycles. The second-order valence-corrected chi connectivity index (χ2v) is 4.67. The number of hydrogen-bond acceptors (Lipinski definition) is 4. The van der Waals surface area contributed by atoms with Gasteiger partial charge in [0.05, 0.1) is 6.61 Å². The van der Waals surface area contributed by atoms with Crippen molar-refractivity contribution in [3.05, 3.63) is 0 Å². The lowest BCUT2D eigenvalue weighted by molar-refractivity contribution is -0.141. The highest BCUT2D eigenvalue weighted by atomic mass is 16.5. The Morgan fingerprint density at radius 1 is 1.45 bits per heavy atom. The van der Waals surface area contributed by atoms with Crippen LogP contribution in [0.2, 0.25) is 0 Å². The molecule has 0 aromatic carbocycles. The van der Waals surface area contributed by atoms with Gasteiger partial charge < -0.3 is 25.0 Å². The van der Waals surface area contributed by atoms with Crippen LogP contribution < -0.4 is 5.32 Å². The molecule has 114 valence electrons. The van der Waals surface area contributed by atoms with Gasteiger partial charge in [-0.3, -0.25) is 4.79 Å². The molecule has 0 unspecified atom stereocenters. The van der Waals surface area contributed by atoms with Crippen LogP contribution in [0.15, 0.2) is 0 Å². The van der Waals surface area contributed by atoms with Crippen LogP contribution in [0.25, 0.3) is 0 Å². The van der Waals surface area contributed by atoms with Gasteiger partial charge in [-0.2, -0.15) is 0 Å². The molecule has 1 aliphatic rings. The van der Waals surface area contributed by atoms with E-state index in [2.05, 4.69) is 5.32 Å². The van der Waals surface area contributed by atoms with Crippen LogP contribution in [0.1, 0.15) is 12.8 Å². The van der Waals surface area contributed by atoms with Crippen molar-refractivity contribution < 1.29 is 24.2 Å². The first kappa shape index (κ1) is 16.2. The zero-order chi connectivity index (χ0) is 15.1. The van der Waals surface area contributed by atoms with Crippen molar-refractivity contribution >= 4 is 17.9 Å². The van der Waals surface area contributed by atoms with Crippen LogP contribution in [0.3, 0.4) is 0 Å². The maximum Gasteiger partial charge on any atom is 0.326 e. The molecule has 2 N–H and O–H groups in total. The van der Waals surface area contributed by atoms with E-state index in [0.29, 0.717) is 32.5 Å². The molecule has 1 saturated heterocycles. The van der Waals surface area contributed by atoms with E-state index in [1.165, 1.54) is 24.0 Å². The van der Waals surface area contributed by atoms with Gasteiger partial charge in [-0.25, -0.2) is 9.59 Å². The normalized spacial score (nSPS) is 17.9. The number of carboxylic acid groups (broad SMARTS) is 1. The molecule has 0 bridgehead atoms. The maximum absolute atomic E-state index is 12.1. The number of carbonyl (C=O) groups excluding carboxylic acids is 2. The first-order valence-electron chi connectivity index (χ1n) is 6.47. The lowest BCUT2D eigenvalue weighted by atomic mass is 10.2. The van der Waals surface area contributed by atoms with E-state index < -0.39 is 18.0 Å². The molecular weight excluding hydrogens is 266 g/mol. The smallest absolute Gasteiger partial charge is 0.326 e. The van der Waals surface area contributed by atoms with Crippen molar-refractivity contribution in [2.24, 2.45) is 0 Å². The molecule has 1 rings (SSSR count). The third kappa shape index (κ3) is 4.37. The number of hydrogen-bond donors (Lipinski definition) is 2. The van der Waals surface area contributed by atoms with Crippen molar-refractivity contribution in [1.29, 1.82) is 0 Å². The average Bonchev–Trinajstić information content (AvgIpc) is 2.87. The predicted molar refractivity (Wildman–Crippen MR) is 70.3 cm³/mol. The van der Waals surface area contributed by atoms with Crippen molar-refractivity contribution in [2.45, 2.75) is 18.9 Å². The zero-order valence-electron chi connectivity index (χ0n) is 11.8. The van der Waals surface area contributed by atoms with Gasteiger partial charge >= 0.3 is 12.0 Å². The zero-order valence-corrected chi connectivity index (χ0v) is 11.8. The Labute approximate surface area is 117 Å². The first-order valence-corrected chi connectivity index (χ1v) is 6.47. The highest BCUT2D eigenvalue weighted by Gasteiger charge is 2.35. The van der Waals surface area contributed by atoms with E-state index in [9.17, 15) is 14.4 Å². The summed E-state index contributed by atoms with van der Waals surface area (Å²) in [6.45, 7) is 1.08. The number of rotatable bonds is 6. The number of methoxy groups -OCH3 is 1. The summed E-state index contributed by atoms with van der Waals surface area (Å²) in [4.78, 5) is 37.2. The fraction of sp³-hybridized carbons (Fsp3) is 0.750. The monoisotopic (exact) mass is 287 g/mol. The minimum atomic E-state index is -1.01. The van der Waals surface area contributed by atoms with E-state index in [1.54, 1.807) is 0 Å². The topological polar surface area (TPSA) is 99.2 Å². The molecule has 1 atom stereocenters. The van der Waals surface area contributed by atoms with Gasteiger partial charge in [0.1, 0.15) is 12.6 Å². The van der Waals surface area contributed by atoms with Crippen LogP contribution in [0.4, 0.5) is 4.79 Å². The summed E-state index contributed by atoms with van der Waals surface area (Å²) >= 11 is 0. The number of carbonyl (C=O) groups is 3. The summed E-state index contributed by atoms with van der Waals surface area (Å²) in [7, 11) is 3.01. The van der Waals surface area contributed by atoms with Crippen molar-refractivity contribution in [3.63, 3.8) is 0 Å². The molecule has 0 saturated carbocycles. The summed E-state index contributed by atoms with van der Waals surface area (Å²) in [6, 6.07) is -1.22. The number of carboxylic acids is 1. The summed E-state index contributed by atoms with van der Waals surface area (Å²) in [5.41, 5.74) is 0. The number of nitrogens with zero attached hydrogens (tertiary/aromatic N) is 2. The average molecular weight is 287 g/mol. The minimum Gasteiger partial charge on any atom is -0.480 e. The highest BCUT2D eigenvalue weighted by molar-refractivity contribution is 5.87. The van der Waals surface area contributed by atoms with Crippen LogP contribution in [0, 0.1) is 0 Å². The van der Waals surface area contributed by atoms with Gasteiger partial charge in [0.2, 0.25) is 5.91 Å². The van der Waals surface area contributed by atoms with E-state index in [-0.39, 0.29) is 12.5 Å². The van der Waals surface area contributed by atoms with Crippen LogP contribution in [-0.4, -0.2) is 79.3 Å². The summed E-state index contributed by atoms with van der Waals surface area (Å²) in [5.74, 6) is -1.31. The van der Waals surface area contributed by atoms with Gasteiger partial charge in [-0.15, -0.1) is 0 Å².